The van der Waals surface area contributed by atoms with Crippen molar-refractivity contribution in [2.24, 2.45) is 5.41 Å². The van der Waals surface area contributed by atoms with Crippen molar-refractivity contribution in [2.45, 2.75) is 25.8 Å². The smallest absolute Gasteiger partial charge is 0.317 e. The molecule has 25 heavy (non-hydrogen) atoms. The number of rotatable bonds is 3. The number of benzene rings is 1. The Morgan fingerprint density at radius 1 is 1.32 bits per heavy atom. The predicted molar refractivity (Wildman–Crippen MR) is 98.5 cm³/mol. The number of likely N-dealkylation sites (tertiary alicyclic amines) is 1. The Morgan fingerprint density at radius 3 is 3.00 bits per heavy atom. The maximum absolute atomic E-state index is 12.5. The van der Waals surface area contributed by atoms with Gasteiger partial charge in [-0.15, -0.1) is 11.3 Å². The molecule has 132 valence electrons. The topological polar surface area (TPSA) is 54.5 Å². The third kappa shape index (κ3) is 3.70. The summed E-state index contributed by atoms with van der Waals surface area (Å²) in [6, 6.07) is 10.1. The Balaban J connectivity index is 1.31. The van der Waals surface area contributed by atoms with Gasteiger partial charge in [0.15, 0.2) is 0 Å². The second-order valence-electron chi connectivity index (χ2n) is 7.00. The first kappa shape index (κ1) is 16.5. The van der Waals surface area contributed by atoms with Crippen molar-refractivity contribution in [2.75, 3.05) is 26.3 Å². The van der Waals surface area contributed by atoms with Crippen molar-refractivity contribution in [1.82, 2.24) is 15.2 Å². The Hall–Kier alpha value is -1.92. The number of thiazole rings is 1. The molecule has 1 atom stereocenters. The molecule has 1 aromatic carbocycles. The molecule has 0 aliphatic carbocycles. The molecule has 2 fully saturated rings. The lowest BCUT2D eigenvalue weighted by atomic mass is 9.82. The molecule has 0 radical (unpaired) electrons. The van der Waals surface area contributed by atoms with E-state index in [0.29, 0.717) is 6.54 Å². The first-order valence-corrected chi connectivity index (χ1v) is 9.72. The van der Waals surface area contributed by atoms with Gasteiger partial charge in [0.2, 0.25) is 0 Å². The zero-order chi connectivity index (χ0) is 17.1. The summed E-state index contributed by atoms with van der Waals surface area (Å²) >= 11 is 1.61. The molecule has 2 aliphatic heterocycles. The fraction of sp³-hybridized carbons (Fsp3) is 0.474. The number of hydrogen-bond donors (Lipinski definition) is 1. The van der Waals surface area contributed by atoms with Crippen LogP contribution in [0.5, 0.6) is 0 Å². The second-order valence-corrected chi connectivity index (χ2v) is 7.85. The summed E-state index contributed by atoms with van der Waals surface area (Å²) < 4.78 is 5.64. The molecule has 6 heteroatoms. The summed E-state index contributed by atoms with van der Waals surface area (Å²) in [5.74, 6) is 0. The number of nitrogens with one attached hydrogen (secondary N) is 1. The number of carbonyl (C=O) groups excluding carboxylic acids is 1. The molecule has 1 spiro atoms. The molecule has 0 saturated carbocycles. The first-order valence-electron chi connectivity index (χ1n) is 8.85. The summed E-state index contributed by atoms with van der Waals surface area (Å²) in [7, 11) is 0. The minimum absolute atomic E-state index is 0.0108. The predicted octanol–water partition coefficient (Wildman–Crippen LogP) is 3.52. The molecule has 2 aliphatic rings. The number of urea groups is 1. The van der Waals surface area contributed by atoms with Crippen molar-refractivity contribution in [1.29, 1.82) is 0 Å². The molecule has 4 rings (SSSR count). The average Bonchev–Trinajstić information content (AvgIpc) is 3.29. The average molecular weight is 357 g/mol. The fourth-order valence-corrected chi connectivity index (χ4v) is 4.55. The minimum Gasteiger partial charge on any atom is -0.381 e. The highest BCUT2D eigenvalue weighted by Crippen LogP contribution is 2.37. The van der Waals surface area contributed by atoms with E-state index in [1.807, 2.05) is 28.5 Å². The van der Waals surface area contributed by atoms with E-state index in [-0.39, 0.29) is 11.4 Å². The minimum atomic E-state index is 0.0108. The van der Waals surface area contributed by atoms with Crippen LogP contribution in [0.25, 0.3) is 10.6 Å². The van der Waals surface area contributed by atoms with E-state index < -0.39 is 0 Å². The molecule has 2 saturated heterocycles. The van der Waals surface area contributed by atoms with E-state index in [9.17, 15) is 4.79 Å². The molecule has 2 aromatic rings. The van der Waals surface area contributed by atoms with Gasteiger partial charge in [0, 0.05) is 36.1 Å². The number of amides is 2. The molecular formula is C19H23N3O2S. The van der Waals surface area contributed by atoms with E-state index in [2.05, 4.69) is 22.4 Å². The van der Waals surface area contributed by atoms with E-state index >= 15 is 0 Å². The quantitative estimate of drug-likeness (QED) is 0.914. The Kier molecular flexibility index (Phi) is 4.72. The third-order valence-corrected chi connectivity index (χ3v) is 6.06. The lowest BCUT2D eigenvalue weighted by molar-refractivity contribution is -0.000439. The number of aromatic nitrogens is 1. The van der Waals surface area contributed by atoms with Gasteiger partial charge in [0.1, 0.15) is 5.01 Å². The van der Waals surface area contributed by atoms with E-state index in [1.54, 1.807) is 11.3 Å². The van der Waals surface area contributed by atoms with Gasteiger partial charge in [0.05, 0.1) is 18.8 Å². The molecule has 3 heterocycles. The Morgan fingerprint density at radius 2 is 2.20 bits per heavy atom. The van der Waals surface area contributed by atoms with Crippen molar-refractivity contribution >= 4 is 17.4 Å². The van der Waals surface area contributed by atoms with E-state index in [4.69, 9.17) is 4.74 Å². The van der Waals surface area contributed by atoms with Crippen LogP contribution in [0, 0.1) is 5.41 Å². The van der Waals surface area contributed by atoms with Crippen LogP contribution in [0.1, 0.15) is 25.0 Å². The van der Waals surface area contributed by atoms with Crippen LogP contribution in [0.2, 0.25) is 0 Å². The fourth-order valence-electron chi connectivity index (χ4n) is 3.72. The van der Waals surface area contributed by atoms with Crippen LogP contribution in [-0.2, 0) is 11.3 Å². The van der Waals surface area contributed by atoms with Crippen LogP contribution in [0.15, 0.2) is 35.7 Å². The van der Waals surface area contributed by atoms with Crippen molar-refractivity contribution in [3.8, 4) is 10.6 Å². The number of ether oxygens (including phenoxy) is 1. The first-order chi connectivity index (χ1) is 12.2. The highest BCUT2D eigenvalue weighted by molar-refractivity contribution is 7.13. The van der Waals surface area contributed by atoms with Gasteiger partial charge in [0.25, 0.3) is 0 Å². The van der Waals surface area contributed by atoms with Crippen LogP contribution in [0.4, 0.5) is 4.79 Å². The van der Waals surface area contributed by atoms with Crippen molar-refractivity contribution in [3.63, 3.8) is 0 Å². The lowest BCUT2D eigenvalue weighted by Crippen LogP contribution is -2.41. The molecule has 5 nitrogen and oxygen atoms in total. The number of hydrogen-bond acceptors (Lipinski definition) is 4. The summed E-state index contributed by atoms with van der Waals surface area (Å²) in [4.78, 5) is 19.0. The lowest BCUT2D eigenvalue weighted by Gasteiger charge is -2.32. The van der Waals surface area contributed by atoms with E-state index in [1.165, 1.54) is 6.42 Å². The summed E-state index contributed by atoms with van der Waals surface area (Å²) in [5, 5.41) is 6.03. The van der Waals surface area contributed by atoms with Gasteiger partial charge in [-0.3, -0.25) is 0 Å². The monoisotopic (exact) mass is 357 g/mol. The van der Waals surface area contributed by atoms with Gasteiger partial charge in [-0.2, -0.15) is 0 Å². The van der Waals surface area contributed by atoms with Crippen LogP contribution >= 0.6 is 11.3 Å². The third-order valence-electron chi connectivity index (χ3n) is 5.12. The normalized spacial score (nSPS) is 23.1. The molecule has 1 N–H and O–H groups in total. The van der Waals surface area contributed by atoms with Crippen LogP contribution < -0.4 is 5.32 Å². The largest absolute Gasteiger partial charge is 0.381 e. The van der Waals surface area contributed by atoms with Crippen molar-refractivity contribution in [3.05, 3.63) is 41.4 Å². The standard InChI is InChI=1S/C19H23N3O2S/c23-18(22-9-8-19(13-22)7-4-10-24-14-19)20-11-16-12-25-17(21-16)15-5-2-1-3-6-15/h1-3,5-6,12H,4,7-11,13-14H2,(H,20,23). The van der Waals surface area contributed by atoms with Crippen LogP contribution in [-0.4, -0.2) is 42.2 Å². The maximum atomic E-state index is 12.5. The van der Waals surface area contributed by atoms with Gasteiger partial charge in [-0.1, -0.05) is 30.3 Å². The Bertz CT molecular complexity index is 725. The summed E-state index contributed by atoms with van der Waals surface area (Å²) in [5.41, 5.74) is 2.22. The molecule has 1 aromatic heterocycles. The maximum Gasteiger partial charge on any atom is 0.317 e. The zero-order valence-corrected chi connectivity index (χ0v) is 15.1. The van der Waals surface area contributed by atoms with Gasteiger partial charge >= 0.3 is 6.03 Å². The van der Waals surface area contributed by atoms with E-state index in [0.717, 1.165) is 55.4 Å². The van der Waals surface area contributed by atoms with Gasteiger partial charge in [-0.05, 0) is 19.3 Å². The molecule has 0 bridgehead atoms. The van der Waals surface area contributed by atoms with Gasteiger partial charge in [-0.25, -0.2) is 9.78 Å². The Labute approximate surface area is 152 Å². The number of nitrogens with zero attached hydrogens (tertiary/aromatic N) is 2. The molecular weight excluding hydrogens is 334 g/mol. The highest BCUT2D eigenvalue weighted by atomic mass is 32.1. The highest BCUT2D eigenvalue weighted by Gasteiger charge is 2.41. The number of carbonyl (C=O) groups is 1. The van der Waals surface area contributed by atoms with Gasteiger partial charge < -0.3 is 15.0 Å². The van der Waals surface area contributed by atoms with Crippen LogP contribution in [0.3, 0.4) is 0 Å². The molecule has 1 unspecified atom stereocenters. The SMILES string of the molecule is O=C(NCc1csc(-c2ccccc2)n1)N1CCC2(CCCOC2)C1. The summed E-state index contributed by atoms with van der Waals surface area (Å²) in [6.45, 7) is 3.76. The zero-order valence-electron chi connectivity index (χ0n) is 14.2. The summed E-state index contributed by atoms with van der Waals surface area (Å²) in [6.07, 6.45) is 3.33. The van der Waals surface area contributed by atoms with Crippen molar-refractivity contribution < 1.29 is 9.53 Å². The molecule has 2 amide bonds. The second kappa shape index (κ2) is 7.14.